The monoisotopic (exact) mass is 389 g/mol. The highest BCUT2D eigenvalue weighted by Crippen LogP contribution is 2.45. The zero-order chi connectivity index (χ0) is 18.2. The van der Waals surface area contributed by atoms with Crippen LogP contribution in [0.1, 0.15) is 19.4 Å². The van der Waals surface area contributed by atoms with Crippen molar-refractivity contribution in [3.05, 3.63) is 29.8 Å². The van der Waals surface area contributed by atoms with Crippen LogP contribution >= 0.6 is 31.6 Å². The van der Waals surface area contributed by atoms with Crippen LogP contribution in [-0.4, -0.2) is 40.7 Å². The van der Waals surface area contributed by atoms with E-state index in [1.807, 2.05) is 26.0 Å². The average molecular weight is 389 g/mol. The fourth-order valence-corrected chi connectivity index (χ4v) is 3.67. The molecule has 132 valence electrons. The first kappa shape index (κ1) is 21.1. The van der Waals surface area contributed by atoms with E-state index in [2.05, 4.69) is 10.6 Å². The molecule has 1 atom stereocenters. The van der Waals surface area contributed by atoms with Crippen molar-refractivity contribution < 1.29 is 23.5 Å². The number of aliphatic hydroxyl groups is 1. The van der Waals surface area contributed by atoms with Crippen molar-refractivity contribution in [3.63, 3.8) is 0 Å². The van der Waals surface area contributed by atoms with E-state index < -0.39 is 18.7 Å². The smallest absolute Gasteiger partial charge is 0.355 e. The Morgan fingerprint density at radius 3 is 2.50 bits per heavy atom. The van der Waals surface area contributed by atoms with Gasteiger partial charge in [-0.25, -0.2) is 0 Å². The van der Waals surface area contributed by atoms with Gasteiger partial charge in [0.15, 0.2) is 0 Å². The first-order chi connectivity index (χ1) is 11.2. The molecule has 0 saturated heterocycles. The molecule has 24 heavy (non-hydrogen) atoms. The van der Waals surface area contributed by atoms with Gasteiger partial charge in [-0.15, -0.1) is 0 Å². The third-order valence-electron chi connectivity index (χ3n) is 2.80. The number of thiocarbonyl (C=S) groups is 1. The molecule has 0 spiro atoms. The molecule has 0 aromatic heterocycles. The Kier molecular flexibility index (Phi) is 8.37. The molecule has 1 rings (SSSR count). The lowest BCUT2D eigenvalue weighted by Crippen LogP contribution is -2.14. The molecule has 0 heterocycles. The molecule has 1 N–H and O–H groups in total. The van der Waals surface area contributed by atoms with Gasteiger partial charge in [-0.2, -0.15) is 5.26 Å². The van der Waals surface area contributed by atoms with Crippen LogP contribution in [0.25, 0.3) is 0 Å². The molecule has 0 fully saturated rings. The van der Waals surface area contributed by atoms with E-state index in [0.717, 1.165) is 5.56 Å². The molecular weight excluding hydrogens is 369 g/mol. The third kappa shape index (κ3) is 6.89. The highest BCUT2D eigenvalue weighted by molar-refractivity contribution is 8.24. The number of hydrogen-bond donors (Lipinski definition) is 1. The van der Waals surface area contributed by atoms with E-state index in [1.165, 1.54) is 18.9 Å². The summed E-state index contributed by atoms with van der Waals surface area (Å²) in [7, 11) is -2.20. The molecule has 1 unspecified atom stereocenters. The van der Waals surface area contributed by atoms with E-state index >= 15 is 0 Å². The lowest BCUT2D eigenvalue weighted by molar-refractivity contribution is 0.169. The van der Waals surface area contributed by atoms with Gasteiger partial charge in [0.1, 0.15) is 23.5 Å². The predicted molar refractivity (Wildman–Crippen MR) is 98.6 cm³/mol. The Morgan fingerprint density at radius 1 is 1.38 bits per heavy atom. The van der Waals surface area contributed by atoms with Crippen molar-refractivity contribution in [2.24, 2.45) is 0 Å². The maximum absolute atomic E-state index is 11.6. The van der Waals surface area contributed by atoms with Crippen LogP contribution in [0.3, 0.4) is 0 Å². The van der Waals surface area contributed by atoms with Gasteiger partial charge in [0.05, 0.1) is 16.9 Å². The first-order valence-electron chi connectivity index (χ1n) is 7.03. The molecule has 0 amide bonds. The third-order valence-corrected chi connectivity index (χ3v) is 5.79. The van der Waals surface area contributed by atoms with Crippen LogP contribution < -0.4 is 4.74 Å². The van der Waals surface area contributed by atoms with Gasteiger partial charge < -0.3 is 18.9 Å². The molecule has 9 heteroatoms. The second kappa shape index (κ2) is 9.52. The summed E-state index contributed by atoms with van der Waals surface area (Å²) in [5.74, 6) is 0.603. The summed E-state index contributed by atoms with van der Waals surface area (Å²) in [5.41, 5.74) is 0.839. The SMILES string of the molecule is COP(=O)(CO)OCCOc1ccc(C(=S)SC(C)(C)C#N)cc1. The number of benzene rings is 1. The Morgan fingerprint density at radius 2 is 2.00 bits per heavy atom. The molecular formula is C15H20NO5PS2. The fourth-order valence-electron chi connectivity index (χ4n) is 1.49. The number of nitriles is 1. The molecule has 0 bridgehead atoms. The number of ether oxygens (including phenoxy) is 1. The number of thioether (sulfide) groups is 1. The Hall–Kier alpha value is -0.940. The second-order valence-corrected chi connectivity index (χ2v) is 9.58. The number of nitrogens with zero attached hydrogens (tertiary/aromatic N) is 1. The Balaban J connectivity index is 2.50. The molecule has 0 aliphatic heterocycles. The maximum atomic E-state index is 11.6. The molecule has 0 aliphatic rings. The highest BCUT2D eigenvalue weighted by Gasteiger charge is 2.21. The second-order valence-electron chi connectivity index (χ2n) is 5.15. The Bertz CT molecular complexity index is 634. The molecule has 0 aliphatic carbocycles. The normalized spacial score (nSPS) is 13.8. The minimum absolute atomic E-state index is 0.0258. The fraction of sp³-hybridized carbons (Fsp3) is 0.467. The molecule has 0 radical (unpaired) electrons. The lowest BCUT2D eigenvalue weighted by Gasteiger charge is -2.15. The molecule has 0 saturated carbocycles. The lowest BCUT2D eigenvalue weighted by atomic mass is 10.2. The van der Waals surface area contributed by atoms with Crippen molar-refractivity contribution in [1.29, 1.82) is 5.26 Å². The van der Waals surface area contributed by atoms with Crippen LogP contribution in [0.2, 0.25) is 0 Å². The zero-order valence-corrected chi connectivity index (χ0v) is 16.2. The standard InChI is InChI=1S/C15H20NO5PS2/c1-15(2,10-16)24-14(23)12-4-6-13(7-5-12)20-8-9-21-22(18,11-17)19-3/h4-7,17H,8-9,11H2,1-3H3. The van der Waals surface area contributed by atoms with Crippen LogP contribution in [-0.2, 0) is 13.6 Å². The number of rotatable bonds is 9. The van der Waals surface area contributed by atoms with Crippen LogP contribution in [0, 0.1) is 11.3 Å². The van der Waals surface area contributed by atoms with Gasteiger partial charge in [-0.3, -0.25) is 4.57 Å². The van der Waals surface area contributed by atoms with Crippen LogP contribution in [0.15, 0.2) is 24.3 Å². The predicted octanol–water partition coefficient (Wildman–Crippen LogP) is 3.58. The first-order valence-corrected chi connectivity index (χ1v) is 9.98. The van der Waals surface area contributed by atoms with Gasteiger partial charge >= 0.3 is 7.60 Å². The Labute approximate surface area is 151 Å². The summed E-state index contributed by atoms with van der Waals surface area (Å²) >= 11 is 6.67. The van der Waals surface area contributed by atoms with E-state index in [9.17, 15) is 4.57 Å². The highest BCUT2D eigenvalue weighted by atomic mass is 32.2. The minimum atomic E-state index is -3.42. The van der Waals surface area contributed by atoms with E-state index in [1.54, 1.807) is 12.1 Å². The summed E-state index contributed by atoms with van der Waals surface area (Å²) in [6.07, 6.45) is -0.674. The van der Waals surface area contributed by atoms with Gasteiger partial charge in [0.2, 0.25) is 0 Å². The molecule has 1 aromatic rings. The molecule has 1 aromatic carbocycles. The number of hydrogen-bond acceptors (Lipinski definition) is 8. The van der Waals surface area contributed by atoms with Crippen LogP contribution in [0.5, 0.6) is 5.75 Å². The van der Waals surface area contributed by atoms with E-state index in [-0.39, 0.29) is 13.2 Å². The summed E-state index contributed by atoms with van der Waals surface area (Å²) < 4.78 is 26.8. The van der Waals surface area contributed by atoms with E-state index in [4.69, 9.17) is 31.8 Å². The van der Waals surface area contributed by atoms with Gasteiger partial charge in [-0.1, -0.05) is 24.0 Å². The molecule has 6 nitrogen and oxygen atoms in total. The average Bonchev–Trinajstić information content (AvgIpc) is 2.58. The van der Waals surface area contributed by atoms with Crippen molar-refractivity contribution in [1.82, 2.24) is 0 Å². The zero-order valence-electron chi connectivity index (χ0n) is 13.7. The van der Waals surface area contributed by atoms with Crippen molar-refractivity contribution in [3.8, 4) is 11.8 Å². The number of aliphatic hydroxyl groups excluding tert-OH is 1. The van der Waals surface area contributed by atoms with Gasteiger partial charge in [0.25, 0.3) is 0 Å². The summed E-state index contributed by atoms with van der Waals surface area (Å²) in [6, 6.07) is 9.33. The van der Waals surface area contributed by atoms with Crippen molar-refractivity contribution in [2.45, 2.75) is 18.6 Å². The summed E-state index contributed by atoms with van der Waals surface area (Å²) in [6.45, 7) is 3.81. The summed E-state index contributed by atoms with van der Waals surface area (Å²) in [5, 5.41) is 17.9. The largest absolute Gasteiger partial charge is 0.491 e. The van der Waals surface area contributed by atoms with E-state index in [0.29, 0.717) is 9.95 Å². The topological polar surface area (TPSA) is 88.8 Å². The maximum Gasteiger partial charge on any atom is 0.355 e. The van der Waals surface area contributed by atoms with Crippen LogP contribution in [0.4, 0.5) is 0 Å². The van der Waals surface area contributed by atoms with Gasteiger partial charge in [0, 0.05) is 7.11 Å². The summed E-state index contributed by atoms with van der Waals surface area (Å²) in [4.78, 5) is 0. The van der Waals surface area contributed by atoms with Crippen molar-refractivity contribution >= 4 is 35.8 Å². The quantitative estimate of drug-likeness (QED) is 0.389. The van der Waals surface area contributed by atoms with Crippen molar-refractivity contribution in [2.75, 3.05) is 26.7 Å². The minimum Gasteiger partial charge on any atom is -0.491 e. The van der Waals surface area contributed by atoms with Gasteiger partial charge in [-0.05, 0) is 43.7 Å².